The van der Waals surface area contributed by atoms with Crippen LogP contribution < -0.4 is 5.56 Å². The van der Waals surface area contributed by atoms with Gasteiger partial charge in [0.2, 0.25) is 0 Å². The van der Waals surface area contributed by atoms with Crippen molar-refractivity contribution in [1.29, 1.82) is 0 Å². The number of aromatic nitrogens is 3. The van der Waals surface area contributed by atoms with Crippen LogP contribution in [0, 0.1) is 4.77 Å². The summed E-state index contributed by atoms with van der Waals surface area (Å²) in [6.07, 6.45) is 3.46. The van der Waals surface area contributed by atoms with E-state index in [1.54, 1.807) is 23.7 Å². The van der Waals surface area contributed by atoms with E-state index in [4.69, 9.17) is 12.2 Å². The van der Waals surface area contributed by atoms with Gasteiger partial charge in [-0.05, 0) is 26.1 Å². The van der Waals surface area contributed by atoms with Gasteiger partial charge < -0.3 is 4.57 Å². The highest BCUT2D eigenvalue weighted by atomic mass is 32.1. The van der Waals surface area contributed by atoms with Crippen LogP contribution in [0.1, 0.15) is 18.9 Å². The van der Waals surface area contributed by atoms with Gasteiger partial charge in [-0.1, -0.05) is 0 Å². The fourth-order valence-corrected chi connectivity index (χ4v) is 2.63. The number of thiazole rings is 1. The number of nitrogens with one attached hydrogen (secondary N) is 1. The molecule has 0 aromatic carbocycles. The SMILES string of the molecule is CC(C)(c1nccs1)n1ccc(=O)[nH]c1=S. The monoisotopic (exact) mass is 253 g/mol. The van der Waals surface area contributed by atoms with Crippen molar-refractivity contribution < 1.29 is 0 Å². The van der Waals surface area contributed by atoms with E-state index in [2.05, 4.69) is 9.97 Å². The zero-order valence-corrected chi connectivity index (χ0v) is 10.6. The molecule has 0 bridgehead atoms. The number of H-pyrrole nitrogens is 1. The van der Waals surface area contributed by atoms with Crippen LogP contribution >= 0.6 is 23.6 Å². The Morgan fingerprint density at radius 3 is 2.88 bits per heavy atom. The summed E-state index contributed by atoms with van der Waals surface area (Å²) in [6.45, 7) is 4.03. The molecule has 0 aliphatic rings. The lowest BCUT2D eigenvalue weighted by atomic mass is 10.1. The summed E-state index contributed by atoms with van der Waals surface area (Å²) in [5.41, 5.74) is -0.536. The van der Waals surface area contributed by atoms with E-state index in [1.165, 1.54) is 6.07 Å². The molecule has 0 saturated carbocycles. The van der Waals surface area contributed by atoms with Crippen molar-refractivity contribution in [3.05, 3.63) is 44.0 Å². The molecule has 2 rings (SSSR count). The molecule has 0 radical (unpaired) electrons. The van der Waals surface area contributed by atoms with Crippen molar-refractivity contribution in [3.8, 4) is 0 Å². The Bertz CT molecular complexity index is 595. The first kappa shape index (κ1) is 11.2. The molecule has 84 valence electrons. The third kappa shape index (κ3) is 1.85. The first-order valence-electron chi connectivity index (χ1n) is 4.74. The fraction of sp³-hybridized carbons (Fsp3) is 0.300. The summed E-state index contributed by atoms with van der Waals surface area (Å²) in [4.78, 5) is 18.0. The average Bonchev–Trinajstić information content (AvgIpc) is 2.69. The van der Waals surface area contributed by atoms with Crippen molar-refractivity contribution in [1.82, 2.24) is 14.5 Å². The van der Waals surface area contributed by atoms with Crippen LogP contribution in [0.4, 0.5) is 0 Å². The fourth-order valence-electron chi connectivity index (χ4n) is 1.49. The van der Waals surface area contributed by atoms with E-state index in [1.807, 2.05) is 23.8 Å². The van der Waals surface area contributed by atoms with Crippen LogP contribution in [0.5, 0.6) is 0 Å². The minimum Gasteiger partial charge on any atom is -0.313 e. The highest BCUT2D eigenvalue weighted by molar-refractivity contribution is 7.71. The maximum Gasteiger partial charge on any atom is 0.251 e. The number of hydrogen-bond acceptors (Lipinski definition) is 4. The Kier molecular flexibility index (Phi) is 2.77. The molecular formula is C10H11N3OS2. The Labute approximate surface area is 102 Å². The highest BCUT2D eigenvalue weighted by Crippen LogP contribution is 2.26. The zero-order chi connectivity index (χ0) is 11.8. The average molecular weight is 253 g/mol. The molecule has 6 heteroatoms. The Balaban J connectivity index is 2.60. The predicted molar refractivity (Wildman–Crippen MR) is 66.4 cm³/mol. The summed E-state index contributed by atoms with van der Waals surface area (Å²) in [7, 11) is 0. The molecule has 2 aromatic rings. The topological polar surface area (TPSA) is 50.7 Å². The Hall–Kier alpha value is -1.27. The highest BCUT2D eigenvalue weighted by Gasteiger charge is 2.25. The molecule has 0 fully saturated rings. The van der Waals surface area contributed by atoms with Crippen LogP contribution in [0.2, 0.25) is 0 Å². The van der Waals surface area contributed by atoms with Crippen molar-refractivity contribution >= 4 is 23.6 Å². The van der Waals surface area contributed by atoms with Gasteiger partial charge >= 0.3 is 0 Å². The molecule has 0 unspecified atom stereocenters. The summed E-state index contributed by atoms with van der Waals surface area (Å²) in [5.74, 6) is 0. The second-order valence-electron chi connectivity index (χ2n) is 3.88. The third-order valence-electron chi connectivity index (χ3n) is 2.38. The summed E-state index contributed by atoms with van der Waals surface area (Å²) >= 11 is 6.71. The van der Waals surface area contributed by atoms with Gasteiger partial charge in [0.25, 0.3) is 5.56 Å². The first-order valence-corrected chi connectivity index (χ1v) is 6.03. The molecule has 0 atom stereocenters. The standard InChI is InChI=1S/C10H11N3OS2/c1-10(2,8-11-4-6-16-8)13-5-3-7(14)12-9(13)15/h3-6H,1-2H3,(H,12,14,15). The lowest BCUT2D eigenvalue weighted by Gasteiger charge is -2.25. The molecule has 0 aliphatic heterocycles. The molecule has 0 aliphatic carbocycles. The maximum atomic E-state index is 11.1. The van der Waals surface area contributed by atoms with Gasteiger partial charge in [-0.25, -0.2) is 4.98 Å². The van der Waals surface area contributed by atoms with Crippen molar-refractivity contribution in [2.75, 3.05) is 0 Å². The largest absolute Gasteiger partial charge is 0.313 e. The molecule has 16 heavy (non-hydrogen) atoms. The molecular weight excluding hydrogens is 242 g/mol. The van der Waals surface area contributed by atoms with E-state index < -0.39 is 0 Å². The number of aromatic amines is 1. The molecule has 1 N–H and O–H groups in total. The molecule has 4 nitrogen and oxygen atoms in total. The minimum absolute atomic E-state index is 0.184. The number of nitrogens with zero attached hydrogens (tertiary/aromatic N) is 2. The van der Waals surface area contributed by atoms with E-state index in [9.17, 15) is 4.79 Å². The Morgan fingerprint density at radius 2 is 2.31 bits per heavy atom. The van der Waals surface area contributed by atoms with E-state index >= 15 is 0 Å². The van der Waals surface area contributed by atoms with Crippen LogP contribution in [-0.4, -0.2) is 14.5 Å². The van der Waals surface area contributed by atoms with Gasteiger partial charge in [-0.3, -0.25) is 9.78 Å². The second-order valence-corrected chi connectivity index (χ2v) is 5.16. The van der Waals surface area contributed by atoms with Gasteiger partial charge in [-0.15, -0.1) is 11.3 Å². The Morgan fingerprint density at radius 1 is 1.56 bits per heavy atom. The predicted octanol–water partition coefficient (Wildman–Crippen LogP) is 2.15. The lowest BCUT2D eigenvalue weighted by Crippen LogP contribution is -2.30. The summed E-state index contributed by atoms with van der Waals surface area (Å²) in [6, 6.07) is 1.46. The summed E-state index contributed by atoms with van der Waals surface area (Å²) in [5, 5.41) is 2.88. The van der Waals surface area contributed by atoms with E-state index in [0.29, 0.717) is 4.77 Å². The first-order chi connectivity index (χ1) is 7.51. The van der Waals surface area contributed by atoms with Crippen LogP contribution in [0.3, 0.4) is 0 Å². The minimum atomic E-state index is -0.352. The van der Waals surface area contributed by atoms with Gasteiger partial charge in [0.15, 0.2) is 4.77 Å². The van der Waals surface area contributed by atoms with Gasteiger partial charge in [0.05, 0.1) is 5.54 Å². The quantitative estimate of drug-likeness (QED) is 0.834. The zero-order valence-electron chi connectivity index (χ0n) is 8.93. The number of hydrogen-bond donors (Lipinski definition) is 1. The number of rotatable bonds is 2. The molecule has 2 aromatic heterocycles. The van der Waals surface area contributed by atoms with Crippen LogP contribution in [0.15, 0.2) is 28.6 Å². The molecule has 0 saturated heterocycles. The van der Waals surface area contributed by atoms with Gasteiger partial charge in [-0.2, -0.15) is 0 Å². The maximum absolute atomic E-state index is 11.1. The van der Waals surface area contributed by atoms with Crippen LogP contribution in [0.25, 0.3) is 0 Å². The van der Waals surface area contributed by atoms with Crippen molar-refractivity contribution in [2.45, 2.75) is 19.4 Å². The van der Waals surface area contributed by atoms with Crippen LogP contribution in [-0.2, 0) is 5.54 Å². The van der Waals surface area contributed by atoms with E-state index in [-0.39, 0.29) is 11.1 Å². The smallest absolute Gasteiger partial charge is 0.251 e. The van der Waals surface area contributed by atoms with E-state index in [0.717, 1.165) is 5.01 Å². The third-order valence-corrected chi connectivity index (χ3v) is 3.77. The molecule has 0 amide bonds. The molecule has 0 spiro atoms. The molecule has 2 heterocycles. The van der Waals surface area contributed by atoms with Gasteiger partial charge in [0, 0.05) is 23.8 Å². The van der Waals surface area contributed by atoms with Crippen molar-refractivity contribution in [3.63, 3.8) is 0 Å². The normalized spacial score (nSPS) is 11.6. The second kappa shape index (κ2) is 3.95. The van der Waals surface area contributed by atoms with Gasteiger partial charge in [0.1, 0.15) is 5.01 Å². The van der Waals surface area contributed by atoms with Crippen molar-refractivity contribution in [2.24, 2.45) is 0 Å². The lowest BCUT2D eigenvalue weighted by molar-refractivity contribution is 0.419. The summed E-state index contributed by atoms with van der Waals surface area (Å²) < 4.78 is 2.25.